The summed E-state index contributed by atoms with van der Waals surface area (Å²) in [6, 6.07) is 1.42. The van der Waals surface area contributed by atoms with Gasteiger partial charge in [0.15, 0.2) is 5.78 Å². The Kier molecular flexibility index (Phi) is 6.40. The van der Waals surface area contributed by atoms with E-state index < -0.39 is 63.3 Å². The van der Waals surface area contributed by atoms with Crippen LogP contribution in [0.25, 0.3) is 5.69 Å². The second-order valence-corrected chi connectivity index (χ2v) is 6.32. The van der Waals surface area contributed by atoms with Gasteiger partial charge in [0.1, 0.15) is 17.3 Å². The third kappa shape index (κ3) is 4.37. The summed E-state index contributed by atoms with van der Waals surface area (Å²) in [7, 11) is 1.72. The molecule has 162 valence electrons. The van der Waals surface area contributed by atoms with Crippen LogP contribution in [0.1, 0.15) is 12.6 Å². The van der Waals surface area contributed by atoms with Crippen LogP contribution in [-0.2, 0) is 27.5 Å². The predicted octanol–water partition coefficient (Wildman–Crippen LogP) is 1.86. The zero-order valence-electron chi connectivity index (χ0n) is 15.5. The maximum Gasteiger partial charge on any atom is 0.431 e. The van der Waals surface area contributed by atoms with E-state index in [0.717, 1.165) is 21.1 Å². The molecule has 8 nitrogen and oxygen atoms in total. The summed E-state index contributed by atoms with van der Waals surface area (Å²) in [5.41, 5.74) is -5.32. The molecule has 0 aliphatic heterocycles. The lowest BCUT2D eigenvalue weighted by atomic mass is 10.2. The molecule has 0 saturated carbocycles. The van der Waals surface area contributed by atoms with Crippen molar-refractivity contribution in [1.82, 2.24) is 9.13 Å². The lowest BCUT2D eigenvalue weighted by Gasteiger charge is -2.17. The van der Waals surface area contributed by atoms with Crippen LogP contribution in [0.5, 0.6) is 5.75 Å². The van der Waals surface area contributed by atoms with Crippen molar-refractivity contribution >= 4 is 23.4 Å². The average molecular weight is 453 g/mol. The Bertz CT molecular complexity index is 1140. The van der Waals surface area contributed by atoms with Crippen molar-refractivity contribution in [2.24, 2.45) is 7.05 Å². The summed E-state index contributed by atoms with van der Waals surface area (Å²) < 4.78 is 63.1. The second kappa shape index (κ2) is 8.30. The van der Waals surface area contributed by atoms with Crippen LogP contribution in [-0.4, -0.2) is 34.1 Å². The molecule has 2 aromatic rings. The number of ketones is 1. The van der Waals surface area contributed by atoms with E-state index in [2.05, 4.69) is 4.74 Å². The number of hydrogen-bond donors (Lipinski definition) is 0. The smallest absolute Gasteiger partial charge is 0.431 e. The molecule has 1 aromatic heterocycles. The SMILES string of the molecule is COC(=O)C(Oc1cc(-n2c(=O)cc(C(F)(F)F)n(C)c2=O)c(F)cc1Cl)C(C)=O. The normalized spacial score (nSPS) is 12.4. The van der Waals surface area contributed by atoms with E-state index >= 15 is 0 Å². The second-order valence-electron chi connectivity index (χ2n) is 5.91. The molecule has 13 heteroatoms. The van der Waals surface area contributed by atoms with E-state index in [1.807, 2.05) is 0 Å². The lowest BCUT2D eigenvalue weighted by molar-refractivity contribution is -0.152. The van der Waals surface area contributed by atoms with Gasteiger partial charge in [-0.3, -0.25) is 14.2 Å². The van der Waals surface area contributed by atoms with Crippen molar-refractivity contribution in [3.8, 4) is 11.4 Å². The van der Waals surface area contributed by atoms with Gasteiger partial charge >= 0.3 is 17.8 Å². The van der Waals surface area contributed by atoms with Crippen LogP contribution in [0.4, 0.5) is 17.6 Å². The summed E-state index contributed by atoms with van der Waals surface area (Å²) in [6.45, 7) is 0.996. The molecule has 0 aliphatic rings. The van der Waals surface area contributed by atoms with E-state index in [0.29, 0.717) is 12.1 Å². The van der Waals surface area contributed by atoms with Crippen LogP contribution < -0.4 is 16.0 Å². The quantitative estimate of drug-likeness (QED) is 0.390. The lowest BCUT2D eigenvalue weighted by Crippen LogP contribution is -2.41. The Morgan fingerprint density at radius 3 is 2.27 bits per heavy atom. The van der Waals surface area contributed by atoms with E-state index in [1.54, 1.807) is 0 Å². The third-order valence-electron chi connectivity index (χ3n) is 3.88. The summed E-state index contributed by atoms with van der Waals surface area (Å²) in [5.74, 6) is -3.64. The first kappa shape index (κ1) is 23.1. The molecule has 1 unspecified atom stereocenters. The van der Waals surface area contributed by atoms with E-state index in [1.165, 1.54) is 0 Å². The maximum atomic E-state index is 14.4. The molecule has 0 amide bonds. The Morgan fingerprint density at radius 1 is 1.17 bits per heavy atom. The number of aromatic nitrogens is 2. The summed E-state index contributed by atoms with van der Waals surface area (Å²) in [6.07, 6.45) is -6.80. The average Bonchev–Trinajstić information content (AvgIpc) is 2.63. The van der Waals surface area contributed by atoms with Gasteiger partial charge in [-0.05, 0) is 13.0 Å². The molecular formula is C17H13ClF4N2O6. The van der Waals surface area contributed by atoms with Crippen molar-refractivity contribution in [1.29, 1.82) is 0 Å². The molecule has 0 bridgehead atoms. The zero-order chi connectivity index (χ0) is 23.0. The molecule has 0 radical (unpaired) electrons. The van der Waals surface area contributed by atoms with Gasteiger partial charge in [0.25, 0.3) is 11.7 Å². The van der Waals surface area contributed by atoms with Gasteiger partial charge in [0.05, 0.1) is 17.8 Å². The molecule has 0 aliphatic carbocycles. The van der Waals surface area contributed by atoms with Gasteiger partial charge in [-0.15, -0.1) is 0 Å². The fourth-order valence-electron chi connectivity index (χ4n) is 2.43. The zero-order valence-corrected chi connectivity index (χ0v) is 16.3. The molecule has 0 spiro atoms. The Hall–Kier alpha value is -3.15. The number of halogens is 5. The summed E-state index contributed by atoms with van der Waals surface area (Å²) >= 11 is 5.83. The number of ether oxygens (including phenoxy) is 2. The van der Waals surface area contributed by atoms with Gasteiger partial charge in [-0.25, -0.2) is 18.5 Å². The van der Waals surface area contributed by atoms with Crippen LogP contribution in [0.2, 0.25) is 5.02 Å². The van der Waals surface area contributed by atoms with Crippen molar-refractivity contribution < 1.29 is 36.6 Å². The third-order valence-corrected chi connectivity index (χ3v) is 4.18. The van der Waals surface area contributed by atoms with Crippen molar-refractivity contribution in [2.45, 2.75) is 19.2 Å². The number of benzene rings is 1. The molecule has 1 aromatic carbocycles. The van der Waals surface area contributed by atoms with Gasteiger partial charge < -0.3 is 9.47 Å². The van der Waals surface area contributed by atoms with Gasteiger partial charge in [-0.2, -0.15) is 13.2 Å². The largest absolute Gasteiger partial charge is 0.469 e. The van der Waals surface area contributed by atoms with Crippen LogP contribution in [0.15, 0.2) is 27.8 Å². The predicted molar refractivity (Wildman–Crippen MR) is 94.4 cm³/mol. The topological polar surface area (TPSA) is 96.6 Å². The standard InChI is InChI=1S/C17H13ClF4N2O6/c1-7(25)14(15(27)29-3)30-11-5-10(9(19)4-8(11)18)24-13(26)6-12(17(20,21)22)23(2)16(24)28/h4-6,14H,1-3H3. The van der Waals surface area contributed by atoms with Crippen molar-refractivity contribution in [3.05, 3.63) is 55.6 Å². The van der Waals surface area contributed by atoms with Crippen LogP contribution >= 0.6 is 11.6 Å². The molecule has 30 heavy (non-hydrogen) atoms. The Labute approximate surface area is 170 Å². The number of Topliss-reactive ketones (excluding diaryl/α,β-unsaturated/α-hetero) is 1. The number of carbonyl (C=O) groups is 2. The first-order chi connectivity index (χ1) is 13.8. The van der Waals surface area contributed by atoms with Gasteiger partial charge in [0, 0.05) is 19.2 Å². The summed E-state index contributed by atoms with van der Waals surface area (Å²) in [5, 5.41) is -0.441. The molecule has 1 heterocycles. The summed E-state index contributed by atoms with van der Waals surface area (Å²) in [4.78, 5) is 47.8. The van der Waals surface area contributed by atoms with E-state index in [-0.39, 0.29) is 15.2 Å². The Morgan fingerprint density at radius 2 is 1.77 bits per heavy atom. The monoisotopic (exact) mass is 452 g/mol. The Balaban J connectivity index is 2.71. The first-order valence-corrected chi connectivity index (χ1v) is 8.32. The number of carbonyl (C=O) groups excluding carboxylic acids is 2. The molecule has 0 N–H and O–H groups in total. The highest BCUT2D eigenvalue weighted by Gasteiger charge is 2.35. The number of nitrogens with zero attached hydrogens (tertiary/aromatic N) is 2. The fourth-order valence-corrected chi connectivity index (χ4v) is 2.63. The number of rotatable bonds is 5. The van der Waals surface area contributed by atoms with Gasteiger partial charge in [-0.1, -0.05) is 11.6 Å². The minimum Gasteiger partial charge on any atom is -0.469 e. The first-order valence-electron chi connectivity index (χ1n) is 7.94. The molecule has 0 fully saturated rings. The number of methoxy groups -OCH3 is 1. The molecule has 2 rings (SSSR count). The highest BCUT2D eigenvalue weighted by Crippen LogP contribution is 2.31. The highest BCUT2D eigenvalue weighted by molar-refractivity contribution is 6.32. The van der Waals surface area contributed by atoms with E-state index in [9.17, 15) is 36.7 Å². The number of alkyl halides is 3. The molecular weight excluding hydrogens is 440 g/mol. The van der Waals surface area contributed by atoms with Crippen molar-refractivity contribution in [2.75, 3.05) is 7.11 Å². The van der Waals surface area contributed by atoms with Crippen LogP contribution in [0.3, 0.4) is 0 Å². The van der Waals surface area contributed by atoms with E-state index in [4.69, 9.17) is 16.3 Å². The maximum absolute atomic E-state index is 14.4. The van der Waals surface area contributed by atoms with Crippen molar-refractivity contribution in [3.63, 3.8) is 0 Å². The van der Waals surface area contributed by atoms with Gasteiger partial charge in [0.2, 0.25) is 0 Å². The highest BCUT2D eigenvalue weighted by atomic mass is 35.5. The number of hydrogen-bond acceptors (Lipinski definition) is 6. The van der Waals surface area contributed by atoms with Crippen LogP contribution in [0, 0.1) is 5.82 Å². The number of esters is 1. The molecule has 0 saturated heterocycles. The fraction of sp³-hybridized carbons (Fsp3) is 0.294. The molecule has 1 atom stereocenters. The minimum absolute atomic E-state index is 0.114. The minimum atomic E-state index is -5.01.